The van der Waals surface area contributed by atoms with Crippen LogP contribution in [0.1, 0.15) is 47.9 Å². The van der Waals surface area contributed by atoms with Crippen LogP contribution in [-0.2, 0) is 14.8 Å². The second kappa shape index (κ2) is 9.16. The number of aryl methyl sites for hydroxylation is 4. The van der Waals surface area contributed by atoms with Crippen LogP contribution in [0.4, 0.5) is 11.4 Å². The molecule has 3 rings (SSSR count). The Balaban J connectivity index is 1.98. The van der Waals surface area contributed by atoms with Gasteiger partial charge in [0.25, 0.3) is 10.0 Å². The second-order valence-corrected chi connectivity index (χ2v) is 10.1. The number of nitrogens with one attached hydrogen (secondary N) is 1. The third-order valence-electron chi connectivity index (χ3n) is 5.44. The summed E-state index contributed by atoms with van der Waals surface area (Å²) in [6.45, 7) is 10.8. The first kappa shape index (κ1) is 23.5. The Labute approximate surface area is 189 Å². The van der Waals surface area contributed by atoms with Crippen molar-refractivity contribution in [2.45, 2.75) is 52.4 Å². The molecule has 7 nitrogen and oxygen atoms in total. The number of amides is 1. The molecule has 0 fully saturated rings. The molecule has 1 N–H and O–H groups in total. The van der Waals surface area contributed by atoms with Crippen LogP contribution in [0, 0.1) is 27.7 Å². The van der Waals surface area contributed by atoms with Crippen molar-refractivity contribution in [3.05, 3.63) is 70.6 Å². The number of hydrogen-bond donors (Lipinski definition) is 1. The minimum absolute atomic E-state index is 0.0237. The maximum absolute atomic E-state index is 13.6. The minimum atomic E-state index is -4.09. The average molecular weight is 456 g/mol. The third kappa shape index (κ3) is 4.85. The van der Waals surface area contributed by atoms with Crippen LogP contribution in [0.3, 0.4) is 0 Å². The molecule has 0 unspecified atom stereocenters. The van der Waals surface area contributed by atoms with Gasteiger partial charge in [0.1, 0.15) is 12.2 Å². The molecule has 1 amide bonds. The van der Waals surface area contributed by atoms with Crippen molar-refractivity contribution >= 4 is 27.3 Å². The first-order valence-electron chi connectivity index (χ1n) is 10.4. The fourth-order valence-corrected chi connectivity index (χ4v) is 5.16. The van der Waals surface area contributed by atoms with Gasteiger partial charge in [-0.15, -0.1) is 0 Å². The summed E-state index contributed by atoms with van der Waals surface area (Å²) < 4.78 is 33.4. The number of benzene rings is 2. The molecular weight excluding hydrogens is 426 g/mol. The molecule has 0 aliphatic carbocycles. The van der Waals surface area contributed by atoms with E-state index < -0.39 is 15.9 Å². The van der Waals surface area contributed by atoms with Crippen LogP contribution >= 0.6 is 0 Å². The molecule has 32 heavy (non-hydrogen) atoms. The molecular formula is C24H29N3O4S. The Morgan fingerprint density at radius 3 is 2.22 bits per heavy atom. The van der Waals surface area contributed by atoms with Crippen molar-refractivity contribution in [3.63, 3.8) is 0 Å². The molecule has 0 aliphatic heterocycles. The molecule has 0 spiro atoms. The van der Waals surface area contributed by atoms with Crippen molar-refractivity contribution < 1.29 is 17.7 Å². The lowest BCUT2D eigenvalue weighted by Crippen LogP contribution is -2.38. The highest BCUT2D eigenvalue weighted by atomic mass is 32.2. The molecule has 3 aromatic rings. The number of sulfonamides is 1. The highest BCUT2D eigenvalue weighted by Crippen LogP contribution is 2.29. The molecule has 170 valence electrons. The number of rotatable bonds is 7. The predicted octanol–water partition coefficient (Wildman–Crippen LogP) is 4.87. The van der Waals surface area contributed by atoms with Crippen molar-refractivity contribution in [2.75, 3.05) is 16.2 Å². The van der Waals surface area contributed by atoms with Gasteiger partial charge >= 0.3 is 0 Å². The van der Waals surface area contributed by atoms with Gasteiger partial charge in [0.05, 0.1) is 5.69 Å². The van der Waals surface area contributed by atoms with E-state index in [-0.39, 0.29) is 22.9 Å². The zero-order valence-corrected chi connectivity index (χ0v) is 20.1. The highest BCUT2D eigenvalue weighted by Gasteiger charge is 2.33. The number of anilines is 2. The fourth-order valence-electron chi connectivity index (χ4n) is 3.44. The molecule has 1 aromatic heterocycles. The van der Waals surface area contributed by atoms with E-state index in [4.69, 9.17) is 4.52 Å². The zero-order chi connectivity index (χ0) is 23.6. The van der Waals surface area contributed by atoms with Crippen LogP contribution in [0.5, 0.6) is 0 Å². The normalized spacial score (nSPS) is 11.6. The van der Waals surface area contributed by atoms with Gasteiger partial charge in [-0.05, 0) is 74.6 Å². The quantitative estimate of drug-likeness (QED) is 0.549. The maximum atomic E-state index is 13.6. The van der Waals surface area contributed by atoms with Gasteiger partial charge in [0.2, 0.25) is 5.91 Å². The molecule has 2 aromatic carbocycles. The lowest BCUT2D eigenvalue weighted by molar-refractivity contribution is -0.114. The summed E-state index contributed by atoms with van der Waals surface area (Å²) in [6.07, 6.45) is 0. The van der Waals surface area contributed by atoms with E-state index in [2.05, 4.69) is 24.3 Å². The van der Waals surface area contributed by atoms with Crippen LogP contribution < -0.4 is 9.62 Å². The van der Waals surface area contributed by atoms with Crippen molar-refractivity contribution in [2.24, 2.45) is 0 Å². The topological polar surface area (TPSA) is 92.5 Å². The van der Waals surface area contributed by atoms with E-state index in [1.807, 2.05) is 38.1 Å². The van der Waals surface area contributed by atoms with Crippen molar-refractivity contribution in [1.29, 1.82) is 0 Å². The summed E-state index contributed by atoms with van der Waals surface area (Å²) in [6, 6.07) is 12.7. The SMILES string of the molecule is Cc1ccc(NC(=O)CN(c2ccc(C(C)C)cc2)S(=O)(=O)c2c(C)noc2C)cc1C. The molecule has 8 heteroatoms. The van der Waals surface area contributed by atoms with E-state index in [1.165, 1.54) is 0 Å². The van der Waals surface area contributed by atoms with Crippen LogP contribution in [-0.4, -0.2) is 26.0 Å². The number of aromatic nitrogens is 1. The summed E-state index contributed by atoms with van der Waals surface area (Å²) in [7, 11) is -4.09. The smallest absolute Gasteiger partial charge is 0.270 e. The molecule has 0 saturated heterocycles. The molecule has 0 bridgehead atoms. The van der Waals surface area contributed by atoms with E-state index in [9.17, 15) is 13.2 Å². The monoisotopic (exact) mass is 455 g/mol. The van der Waals surface area contributed by atoms with Gasteiger partial charge in [0, 0.05) is 5.69 Å². The van der Waals surface area contributed by atoms with Crippen LogP contribution in [0.25, 0.3) is 0 Å². The van der Waals surface area contributed by atoms with Gasteiger partial charge in [-0.2, -0.15) is 0 Å². The molecule has 0 aliphatic rings. The lowest BCUT2D eigenvalue weighted by Gasteiger charge is -2.24. The second-order valence-electron chi connectivity index (χ2n) is 8.26. The summed E-state index contributed by atoms with van der Waals surface area (Å²) >= 11 is 0. The first-order chi connectivity index (χ1) is 15.0. The Morgan fingerprint density at radius 1 is 1.03 bits per heavy atom. The van der Waals surface area contributed by atoms with Gasteiger partial charge in [-0.25, -0.2) is 8.42 Å². The number of carbonyl (C=O) groups is 1. The largest absolute Gasteiger partial charge is 0.360 e. The van der Waals surface area contributed by atoms with Gasteiger partial charge in [-0.3, -0.25) is 9.10 Å². The highest BCUT2D eigenvalue weighted by molar-refractivity contribution is 7.93. The van der Waals surface area contributed by atoms with E-state index in [1.54, 1.807) is 32.0 Å². The Bertz CT molecular complexity index is 1210. The summed E-state index contributed by atoms with van der Waals surface area (Å²) in [5.41, 5.74) is 4.47. The summed E-state index contributed by atoms with van der Waals surface area (Å²) in [5.74, 6) is 0.0298. The van der Waals surface area contributed by atoms with E-state index in [0.717, 1.165) is 21.0 Å². The third-order valence-corrected chi connectivity index (χ3v) is 7.46. The Morgan fingerprint density at radius 2 is 1.69 bits per heavy atom. The van der Waals surface area contributed by atoms with Gasteiger partial charge < -0.3 is 9.84 Å². The number of hydrogen-bond acceptors (Lipinski definition) is 5. The maximum Gasteiger partial charge on any atom is 0.270 e. The molecule has 0 radical (unpaired) electrons. The van der Waals surface area contributed by atoms with Crippen molar-refractivity contribution in [3.8, 4) is 0 Å². The average Bonchev–Trinajstić information content (AvgIpc) is 3.07. The van der Waals surface area contributed by atoms with Crippen LogP contribution in [0.15, 0.2) is 51.9 Å². The lowest BCUT2D eigenvalue weighted by atomic mass is 10.0. The van der Waals surface area contributed by atoms with Crippen LogP contribution in [0.2, 0.25) is 0 Å². The number of carbonyl (C=O) groups excluding carboxylic acids is 1. The van der Waals surface area contributed by atoms with E-state index in [0.29, 0.717) is 17.3 Å². The molecule has 0 atom stereocenters. The molecule has 1 heterocycles. The van der Waals surface area contributed by atoms with Gasteiger partial charge in [-0.1, -0.05) is 37.2 Å². The summed E-state index contributed by atoms with van der Waals surface area (Å²) in [4.78, 5) is 12.9. The first-order valence-corrected chi connectivity index (χ1v) is 11.9. The molecule has 0 saturated carbocycles. The number of nitrogens with zero attached hydrogens (tertiary/aromatic N) is 2. The van der Waals surface area contributed by atoms with Gasteiger partial charge in [0.15, 0.2) is 10.7 Å². The Kier molecular flexibility index (Phi) is 6.74. The standard InChI is InChI=1S/C24H29N3O4S/c1-15(2)20-8-11-22(12-9-20)27(32(29,30)24-18(5)26-31-19(24)6)14-23(28)25-21-10-7-16(3)17(4)13-21/h7-13,15H,14H2,1-6H3,(H,25,28). The minimum Gasteiger partial charge on any atom is -0.360 e. The fraction of sp³-hybridized carbons (Fsp3) is 0.333. The van der Waals surface area contributed by atoms with E-state index >= 15 is 0 Å². The van der Waals surface area contributed by atoms with Crippen molar-refractivity contribution in [1.82, 2.24) is 5.16 Å². The Hall–Kier alpha value is -3.13. The summed E-state index contributed by atoms with van der Waals surface area (Å²) in [5, 5.41) is 6.58. The predicted molar refractivity (Wildman–Crippen MR) is 126 cm³/mol. The zero-order valence-electron chi connectivity index (χ0n) is 19.3.